The number of furan rings is 1. The fourth-order valence-electron chi connectivity index (χ4n) is 2.58. The molecule has 0 saturated carbocycles. The molecule has 0 bridgehead atoms. The van der Waals surface area contributed by atoms with Crippen molar-refractivity contribution in [2.75, 3.05) is 19.6 Å². The second-order valence-corrected chi connectivity index (χ2v) is 7.15. The average molecular weight is 321 g/mol. The summed E-state index contributed by atoms with van der Waals surface area (Å²) in [7, 11) is 0. The Morgan fingerprint density at radius 2 is 2.17 bits per heavy atom. The second kappa shape index (κ2) is 7.64. The minimum atomic E-state index is -0.386. The number of hydrogen-bond acceptors (Lipinski definition) is 4. The zero-order chi connectivity index (χ0) is 16.9. The molecule has 0 radical (unpaired) electrons. The van der Waals surface area contributed by atoms with E-state index in [9.17, 15) is 9.59 Å². The summed E-state index contributed by atoms with van der Waals surface area (Å²) in [6.45, 7) is 8.08. The summed E-state index contributed by atoms with van der Waals surface area (Å²) in [6.07, 6.45) is 3.54. The number of carbonyl (C=O) groups is 2. The highest BCUT2D eigenvalue weighted by Gasteiger charge is 2.27. The van der Waals surface area contributed by atoms with Gasteiger partial charge in [-0.25, -0.2) is 0 Å². The molecule has 2 amide bonds. The Morgan fingerprint density at radius 1 is 1.39 bits per heavy atom. The Bertz CT molecular complexity index is 520. The zero-order valence-corrected chi connectivity index (χ0v) is 14.2. The fraction of sp³-hybridized carbons (Fsp3) is 0.647. The monoisotopic (exact) mass is 321 g/mol. The van der Waals surface area contributed by atoms with Gasteiger partial charge in [0, 0.05) is 18.0 Å². The van der Waals surface area contributed by atoms with Gasteiger partial charge in [0.05, 0.1) is 19.4 Å². The summed E-state index contributed by atoms with van der Waals surface area (Å²) < 4.78 is 5.19. The lowest BCUT2D eigenvalue weighted by atomic mass is 9.94. The Hall–Kier alpha value is -1.82. The minimum absolute atomic E-state index is 0.0239. The first-order chi connectivity index (χ1) is 10.8. The van der Waals surface area contributed by atoms with E-state index in [4.69, 9.17) is 4.42 Å². The van der Waals surface area contributed by atoms with E-state index in [2.05, 4.69) is 15.5 Å². The van der Waals surface area contributed by atoms with Crippen molar-refractivity contribution in [2.45, 2.75) is 46.2 Å². The highest BCUT2D eigenvalue weighted by molar-refractivity contribution is 5.81. The zero-order valence-electron chi connectivity index (χ0n) is 14.2. The highest BCUT2D eigenvalue weighted by atomic mass is 16.3. The molecule has 1 atom stereocenters. The van der Waals surface area contributed by atoms with Crippen LogP contribution in [0.1, 0.15) is 39.4 Å². The third-order valence-corrected chi connectivity index (χ3v) is 3.93. The van der Waals surface area contributed by atoms with Crippen LogP contribution < -0.4 is 10.6 Å². The molecular weight excluding hydrogens is 294 g/mol. The number of rotatable bonds is 5. The van der Waals surface area contributed by atoms with Crippen LogP contribution in [0.4, 0.5) is 0 Å². The van der Waals surface area contributed by atoms with Crippen LogP contribution in [0.5, 0.6) is 0 Å². The van der Waals surface area contributed by atoms with E-state index in [1.807, 2.05) is 26.8 Å². The Kier molecular flexibility index (Phi) is 5.82. The lowest BCUT2D eigenvalue weighted by Crippen LogP contribution is -2.52. The van der Waals surface area contributed by atoms with E-state index in [1.165, 1.54) is 0 Å². The van der Waals surface area contributed by atoms with Crippen molar-refractivity contribution in [3.05, 3.63) is 24.2 Å². The van der Waals surface area contributed by atoms with E-state index < -0.39 is 0 Å². The fourth-order valence-corrected chi connectivity index (χ4v) is 2.58. The lowest BCUT2D eigenvalue weighted by Gasteiger charge is -2.34. The molecule has 6 nitrogen and oxygen atoms in total. The molecule has 6 heteroatoms. The van der Waals surface area contributed by atoms with E-state index >= 15 is 0 Å². The SMILES string of the molecule is CC(C)(C)C(=O)NC1CCCN(CC(=O)NCc2ccco2)C1. The maximum Gasteiger partial charge on any atom is 0.234 e. The molecule has 0 spiro atoms. The lowest BCUT2D eigenvalue weighted by molar-refractivity contribution is -0.129. The van der Waals surface area contributed by atoms with Gasteiger partial charge in [-0.3, -0.25) is 14.5 Å². The topological polar surface area (TPSA) is 74.6 Å². The highest BCUT2D eigenvalue weighted by Crippen LogP contribution is 2.16. The van der Waals surface area contributed by atoms with Gasteiger partial charge < -0.3 is 15.1 Å². The number of hydrogen-bond donors (Lipinski definition) is 2. The molecule has 1 aliphatic heterocycles. The van der Waals surface area contributed by atoms with Crippen molar-refractivity contribution < 1.29 is 14.0 Å². The average Bonchev–Trinajstić information content (AvgIpc) is 2.98. The molecule has 1 aromatic heterocycles. The first kappa shape index (κ1) is 17.5. The molecule has 2 rings (SSSR count). The van der Waals surface area contributed by atoms with Crippen LogP contribution >= 0.6 is 0 Å². The molecule has 1 fully saturated rings. The Morgan fingerprint density at radius 3 is 2.83 bits per heavy atom. The molecule has 1 aromatic rings. The molecule has 2 heterocycles. The minimum Gasteiger partial charge on any atom is -0.467 e. The van der Waals surface area contributed by atoms with Crippen LogP contribution in [0.2, 0.25) is 0 Å². The third-order valence-electron chi connectivity index (χ3n) is 3.93. The molecule has 128 valence electrons. The van der Waals surface area contributed by atoms with Gasteiger partial charge in [0.15, 0.2) is 0 Å². The van der Waals surface area contributed by atoms with Crippen LogP contribution in [0.3, 0.4) is 0 Å². The van der Waals surface area contributed by atoms with Gasteiger partial charge in [-0.05, 0) is 31.5 Å². The summed E-state index contributed by atoms with van der Waals surface area (Å²) in [5, 5.41) is 5.94. The smallest absolute Gasteiger partial charge is 0.234 e. The number of carbonyl (C=O) groups excluding carboxylic acids is 2. The predicted molar refractivity (Wildman–Crippen MR) is 87.6 cm³/mol. The quantitative estimate of drug-likeness (QED) is 0.862. The van der Waals surface area contributed by atoms with E-state index in [-0.39, 0.29) is 23.3 Å². The van der Waals surface area contributed by atoms with Gasteiger partial charge in [-0.2, -0.15) is 0 Å². The van der Waals surface area contributed by atoms with Crippen LogP contribution in [-0.4, -0.2) is 42.4 Å². The summed E-state index contributed by atoms with van der Waals surface area (Å²) >= 11 is 0. The maximum atomic E-state index is 12.1. The van der Waals surface area contributed by atoms with Crippen LogP contribution in [-0.2, 0) is 16.1 Å². The van der Waals surface area contributed by atoms with Crippen molar-refractivity contribution in [2.24, 2.45) is 5.41 Å². The van der Waals surface area contributed by atoms with E-state index in [0.29, 0.717) is 13.1 Å². The molecule has 0 aliphatic carbocycles. The molecule has 0 aromatic carbocycles. The van der Waals surface area contributed by atoms with E-state index in [0.717, 1.165) is 31.7 Å². The van der Waals surface area contributed by atoms with Gasteiger partial charge >= 0.3 is 0 Å². The van der Waals surface area contributed by atoms with Crippen LogP contribution in [0, 0.1) is 5.41 Å². The van der Waals surface area contributed by atoms with Crippen LogP contribution in [0.25, 0.3) is 0 Å². The van der Waals surface area contributed by atoms with Crippen molar-refractivity contribution in [1.29, 1.82) is 0 Å². The molecule has 2 N–H and O–H groups in total. The number of likely N-dealkylation sites (tertiary alicyclic amines) is 1. The number of amides is 2. The maximum absolute atomic E-state index is 12.1. The van der Waals surface area contributed by atoms with Crippen molar-refractivity contribution in [3.63, 3.8) is 0 Å². The number of nitrogens with zero attached hydrogens (tertiary/aromatic N) is 1. The Balaban J connectivity index is 1.75. The summed E-state index contributed by atoms with van der Waals surface area (Å²) in [4.78, 5) is 26.2. The molecule has 23 heavy (non-hydrogen) atoms. The van der Waals surface area contributed by atoms with Gasteiger partial charge in [0.25, 0.3) is 0 Å². The predicted octanol–water partition coefficient (Wildman–Crippen LogP) is 1.52. The van der Waals surface area contributed by atoms with Crippen LogP contribution in [0.15, 0.2) is 22.8 Å². The van der Waals surface area contributed by atoms with Gasteiger partial charge in [0.1, 0.15) is 5.76 Å². The van der Waals surface area contributed by atoms with Crippen molar-refractivity contribution >= 4 is 11.8 Å². The number of nitrogens with one attached hydrogen (secondary N) is 2. The van der Waals surface area contributed by atoms with Gasteiger partial charge in [-0.15, -0.1) is 0 Å². The standard InChI is InChI=1S/C17H27N3O3/c1-17(2,3)16(22)19-13-6-4-8-20(11-13)12-15(21)18-10-14-7-5-9-23-14/h5,7,9,13H,4,6,8,10-12H2,1-3H3,(H,18,21)(H,19,22). The number of piperidine rings is 1. The molecule has 1 unspecified atom stereocenters. The molecule has 1 aliphatic rings. The summed E-state index contributed by atoms with van der Waals surface area (Å²) in [5.41, 5.74) is -0.386. The molecule has 1 saturated heterocycles. The summed E-state index contributed by atoms with van der Waals surface area (Å²) in [6, 6.07) is 3.75. The summed E-state index contributed by atoms with van der Waals surface area (Å²) in [5.74, 6) is 0.781. The van der Waals surface area contributed by atoms with Gasteiger partial charge in [-0.1, -0.05) is 20.8 Å². The van der Waals surface area contributed by atoms with Crippen molar-refractivity contribution in [3.8, 4) is 0 Å². The first-order valence-electron chi connectivity index (χ1n) is 8.17. The van der Waals surface area contributed by atoms with Gasteiger partial charge in [0.2, 0.25) is 11.8 Å². The normalized spacial score (nSPS) is 19.3. The molecular formula is C17H27N3O3. The first-order valence-corrected chi connectivity index (χ1v) is 8.17. The third kappa shape index (κ3) is 5.71. The Labute approximate surface area is 137 Å². The van der Waals surface area contributed by atoms with Crippen molar-refractivity contribution in [1.82, 2.24) is 15.5 Å². The second-order valence-electron chi connectivity index (χ2n) is 7.15. The van der Waals surface area contributed by atoms with E-state index in [1.54, 1.807) is 12.3 Å². The largest absolute Gasteiger partial charge is 0.467 e.